The van der Waals surface area contributed by atoms with Crippen molar-refractivity contribution in [2.24, 2.45) is 5.92 Å². The van der Waals surface area contributed by atoms with Crippen LogP contribution in [0.5, 0.6) is 5.75 Å². The summed E-state index contributed by atoms with van der Waals surface area (Å²) in [4.78, 5) is 38.9. The molecule has 2 aliphatic heterocycles. The first-order valence-electron chi connectivity index (χ1n) is 11.1. The highest BCUT2D eigenvalue weighted by Crippen LogP contribution is 2.35. The second kappa shape index (κ2) is 9.29. The van der Waals surface area contributed by atoms with Gasteiger partial charge in [0, 0.05) is 35.0 Å². The highest BCUT2D eigenvalue weighted by Gasteiger charge is 2.38. The van der Waals surface area contributed by atoms with Crippen LogP contribution in [0.25, 0.3) is 0 Å². The van der Waals surface area contributed by atoms with Gasteiger partial charge in [-0.25, -0.2) is 14.5 Å². The van der Waals surface area contributed by atoms with Crippen molar-refractivity contribution in [1.82, 2.24) is 9.80 Å². The molecule has 34 heavy (non-hydrogen) atoms. The predicted molar refractivity (Wildman–Crippen MR) is 128 cm³/mol. The van der Waals surface area contributed by atoms with Crippen molar-refractivity contribution in [1.29, 1.82) is 0 Å². The molecular formula is C25H27BrN2O6. The lowest BCUT2D eigenvalue weighted by atomic mass is 9.89. The minimum atomic E-state index is -1.27. The van der Waals surface area contributed by atoms with Crippen LogP contribution in [-0.2, 0) is 11.3 Å². The first-order valence-corrected chi connectivity index (χ1v) is 11.8. The van der Waals surface area contributed by atoms with Gasteiger partial charge < -0.3 is 19.5 Å². The van der Waals surface area contributed by atoms with Gasteiger partial charge in [-0.05, 0) is 56.2 Å². The molecule has 0 saturated carbocycles. The predicted octanol–water partition coefficient (Wildman–Crippen LogP) is 5.11. The number of rotatable bonds is 4. The second-order valence-electron chi connectivity index (χ2n) is 9.61. The molecule has 0 aliphatic carbocycles. The Labute approximate surface area is 206 Å². The molecule has 2 atom stereocenters. The zero-order chi connectivity index (χ0) is 24.6. The van der Waals surface area contributed by atoms with Gasteiger partial charge in [-0.1, -0.05) is 34.1 Å². The van der Waals surface area contributed by atoms with Gasteiger partial charge in [0.05, 0.1) is 13.2 Å². The topological polar surface area (TPSA) is 96.4 Å². The minimum Gasteiger partial charge on any atom is -0.493 e. The van der Waals surface area contributed by atoms with Crippen molar-refractivity contribution < 1.29 is 29.0 Å². The van der Waals surface area contributed by atoms with Gasteiger partial charge >= 0.3 is 12.2 Å². The third-order valence-electron chi connectivity index (χ3n) is 5.97. The fourth-order valence-corrected chi connectivity index (χ4v) is 4.60. The second-order valence-corrected chi connectivity index (χ2v) is 10.5. The molecule has 3 amide bonds. The minimum absolute atomic E-state index is 0.00756. The van der Waals surface area contributed by atoms with Gasteiger partial charge in [-0.3, -0.25) is 4.79 Å². The normalized spacial score (nSPS) is 19.8. The molecule has 1 N–H and O–H groups in total. The number of likely N-dealkylation sites (tertiary alicyclic amines) is 1. The number of carbonyl (C=O) groups is 3. The van der Waals surface area contributed by atoms with E-state index in [1.54, 1.807) is 23.1 Å². The molecule has 2 aromatic carbocycles. The van der Waals surface area contributed by atoms with E-state index in [2.05, 4.69) is 15.9 Å². The van der Waals surface area contributed by atoms with Crippen LogP contribution in [0, 0.1) is 5.92 Å². The number of imide groups is 1. The van der Waals surface area contributed by atoms with Crippen LogP contribution in [0.3, 0.4) is 0 Å². The monoisotopic (exact) mass is 530 g/mol. The summed E-state index contributed by atoms with van der Waals surface area (Å²) in [6.45, 7) is 6.89. The van der Waals surface area contributed by atoms with Crippen molar-refractivity contribution in [3.8, 4) is 5.75 Å². The van der Waals surface area contributed by atoms with Gasteiger partial charge in [0.15, 0.2) is 0 Å². The molecule has 4 rings (SSSR count). The van der Waals surface area contributed by atoms with Crippen LogP contribution in [0.15, 0.2) is 46.9 Å². The fourth-order valence-electron chi connectivity index (χ4n) is 4.33. The summed E-state index contributed by atoms with van der Waals surface area (Å²) < 4.78 is 12.6. The fraction of sp³-hybridized carbons (Fsp3) is 0.400. The number of halogens is 1. The van der Waals surface area contributed by atoms with Crippen LogP contribution in [0.4, 0.5) is 9.59 Å². The molecule has 9 heteroatoms. The number of benzene rings is 2. The number of carbonyl (C=O) groups excluding carboxylic acids is 2. The standard InChI is InChI=1S/C25H27BrN2O6/c1-25(2,3)34-24(32)27-11-17(21(13-27)15-4-7-18(26)8-5-15)14-33-19-9-6-16-12-28(23(30)31)22(29)20(16)10-19/h4-10,17,21H,11-14H2,1-3H3,(H,30,31). The molecular weight excluding hydrogens is 504 g/mol. The van der Waals surface area contributed by atoms with Gasteiger partial charge in [-0.2, -0.15) is 0 Å². The third kappa shape index (κ3) is 5.19. The SMILES string of the molecule is CC(C)(C)OC(=O)N1CC(COc2ccc3c(c2)C(=O)N(C(=O)O)C3)C(c2ccc(Br)cc2)C1. The van der Waals surface area contributed by atoms with E-state index in [1.165, 1.54) is 0 Å². The summed E-state index contributed by atoms with van der Waals surface area (Å²) in [6, 6.07) is 13.1. The molecule has 8 nitrogen and oxygen atoms in total. The van der Waals surface area contributed by atoms with Gasteiger partial charge in [0.1, 0.15) is 11.4 Å². The Morgan fingerprint density at radius 3 is 2.47 bits per heavy atom. The smallest absolute Gasteiger partial charge is 0.414 e. The van der Waals surface area contributed by atoms with E-state index in [0.29, 0.717) is 36.6 Å². The van der Waals surface area contributed by atoms with Crippen LogP contribution in [0.2, 0.25) is 0 Å². The molecule has 2 heterocycles. The molecule has 2 unspecified atom stereocenters. The zero-order valence-electron chi connectivity index (χ0n) is 19.3. The molecule has 180 valence electrons. The van der Waals surface area contributed by atoms with E-state index in [4.69, 9.17) is 9.47 Å². The Morgan fingerprint density at radius 1 is 1.12 bits per heavy atom. The molecule has 1 saturated heterocycles. The Morgan fingerprint density at radius 2 is 1.82 bits per heavy atom. The van der Waals surface area contributed by atoms with Crippen molar-refractivity contribution >= 4 is 34.0 Å². The van der Waals surface area contributed by atoms with E-state index in [9.17, 15) is 19.5 Å². The van der Waals surface area contributed by atoms with E-state index >= 15 is 0 Å². The first-order chi connectivity index (χ1) is 16.0. The largest absolute Gasteiger partial charge is 0.493 e. The van der Waals surface area contributed by atoms with Crippen molar-refractivity contribution in [2.45, 2.75) is 38.8 Å². The maximum atomic E-state index is 12.7. The maximum absolute atomic E-state index is 12.7. The molecule has 0 radical (unpaired) electrons. The van der Waals surface area contributed by atoms with Crippen LogP contribution >= 0.6 is 15.9 Å². The lowest BCUT2D eigenvalue weighted by Crippen LogP contribution is -2.35. The Bertz CT molecular complexity index is 1110. The number of fused-ring (bicyclic) bond motifs is 1. The number of nitrogens with zero attached hydrogens (tertiary/aromatic N) is 2. The van der Waals surface area contributed by atoms with Gasteiger partial charge in [0.2, 0.25) is 0 Å². The summed E-state index contributed by atoms with van der Waals surface area (Å²) in [5.74, 6) is 0.00890. The van der Waals surface area contributed by atoms with Crippen LogP contribution in [-0.4, -0.2) is 58.3 Å². The quantitative estimate of drug-likeness (QED) is 0.589. The molecule has 2 aromatic rings. The average molecular weight is 531 g/mol. The lowest BCUT2D eigenvalue weighted by Gasteiger charge is -2.24. The number of ether oxygens (including phenoxy) is 2. The highest BCUT2D eigenvalue weighted by molar-refractivity contribution is 9.10. The van der Waals surface area contributed by atoms with Crippen molar-refractivity contribution in [3.63, 3.8) is 0 Å². The third-order valence-corrected chi connectivity index (χ3v) is 6.50. The maximum Gasteiger partial charge on any atom is 0.414 e. The average Bonchev–Trinajstić information content (AvgIpc) is 3.33. The molecule has 2 aliphatic rings. The number of amides is 3. The van der Waals surface area contributed by atoms with E-state index in [0.717, 1.165) is 14.9 Å². The number of carboxylic acid groups (broad SMARTS) is 1. The van der Waals surface area contributed by atoms with E-state index in [1.807, 2.05) is 45.0 Å². The Balaban J connectivity index is 1.50. The highest BCUT2D eigenvalue weighted by atomic mass is 79.9. The molecule has 1 fully saturated rings. The van der Waals surface area contributed by atoms with Crippen molar-refractivity contribution in [2.75, 3.05) is 19.7 Å². The Kier molecular flexibility index (Phi) is 6.58. The summed E-state index contributed by atoms with van der Waals surface area (Å²) >= 11 is 3.46. The molecule has 0 spiro atoms. The van der Waals surface area contributed by atoms with Crippen LogP contribution in [0.1, 0.15) is 48.2 Å². The lowest BCUT2D eigenvalue weighted by molar-refractivity contribution is 0.0283. The molecule has 0 bridgehead atoms. The molecule has 0 aromatic heterocycles. The Hall–Kier alpha value is -3.07. The summed E-state index contributed by atoms with van der Waals surface area (Å²) in [5, 5.41) is 9.20. The zero-order valence-corrected chi connectivity index (χ0v) is 20.9. The van der Waals surface area contributed by atoms with Gasteiger partial charge in [-0.15, -0.1) is 0 Å². The van der Waals surface area contributed by atoms with Crippen LogP contribution < -0.4 is 4.74 Å². The first kappa shape index (κ1) is 24.1. The summed E-state index contributed by atoms with van der Waals surface area (Å²) in [7, 11) is 0. The van der Waals surface area contributed by atoms with Gasteiger partial charge in [0.25, 0.3) is 5.91 Å². The van der Waals surface area contributed by atoms with Crippen molar-refractivity contribution in [3.05, 3.63) is 63.6 Å². The summed E-state index contributed by atoms with van der Waals surface area (Å²) in [5.41, 5.74) is 1.51. The van der Waals surface area contributed by atoms with E-state index in [-0.39, 0.29) is 24.5 Å². The summed E-state index contributed by atoms with van der Waals surface area (Å²) in [6.07, 6.45) is -1.62. The number of hydrogen-bond donors (Lipinski definition) is 1. The number of hydrogen-bond acceptors (Lipinski definition) is 5. The van der Waals surface area contributed by atoms with E-state index < -0.39 is 17.6 Å².